The number of aryl methyl sites for hydroxylation is 1. The molecule has 0 unspecified atom stereocenters. The molecule has 2 aromatic heterocycles. The molecule has 90 valence electrons. The molecule has 0 aliphatic heterocycles. The van der Waals surface area contributed by atoms with E-state index in [-0.39, 0.29) is 5.69 Å². The van der Waals surface area contributed by atoms with E-state index < -0.39 is 0 Å². The lowest BCUT2D eigenvalue weighted by atomic mass is 10.3. The summed E-state index contributed by atoms with van der Waals surface area (Å²) < 4.78 is 1.40. The van der Waals surface area contributed by atoms with Crippen LogP contribution >= 0.6 is 0 Å². The maximum absolute atomic E-state index is 11.6. The van der Waals surface area contributed by atoms with Crippen LogP contribution in [0.4, 0.5) is 5.82 Å². The van der Waals surface area contributed by atoms with E-state index in [9.17, 15) is 4.79 Å². The number of nitrogens with one attached hydrogen (secondary N) is 1. The van der Waals surface area contributed by atoms with Crippen molar-refractivity contribution in [2.75, 3.05) is 11.9 Å². The van der Waals surface area contributed by atoms with Gasteiger partial charge in [-0.2, -0.15) is 4.98 Å². The summed E-state index contributed by atoms with van der Waals surface area (Å²) in [4.78, 5) is 24.0. The van der Waals surface area contributed by atoms with Crippen LogP contribution in [-0.4, -0.2) is 26.1 Å². The monoisotopic (exact) mass is 233 g/mol. The average Bonchev–Trinajstić information content (AvgIpc) is 2.36. The minimum Gasteiger partial charge on any atom is -0.368 e. The molecule has 2 aromatic rings. The van der Waals surface area contributed by atoms with Crippen LogP contribution in [0.15, 0.2) is 17.2 Å². The van der Waals surface area contributed by atoms with Crippen LogP contribution < -0.4 is 11.0 Å². The van der Waals surface area contributed by atoms with Gasteiger partial charge in [-0.3, -0.25) is 4.57 Å². The highest BCUT2D eigenvalue weighted by Crippen LogP contribution is 2.13. The summed E-state index contributed by atoms with van der Waals surface area (Å²) in [5.41, 5.74) is 0.856. The first-order valence-electron chi connectivity index (χ1n) is 5.65. The van der Waals surface area contributed by atoms with Gasteiger partial charge < -0.3 is 5.32 Å². The fraction of sp³-hybridized carbons (Fsp3) is 0.455. The van der Waals surface area contributed by atoms with Crippen molar-refractivity contribution in [2.24, 2.45) is 7.05 Å². The molecule has 1 N–H and O–H groups in total. The maximum atomic E-state index is 11.6. The van der Waals surface area contributed by atoms with Gasteiger partial charge in [0.25, 0.3) is 0 Å². The summed E-state index contributed by atoms with van der Waals surface area (Å²) in [6.07, 6.45) is 5.27. The Balaban J connectivity index is 2.48. The summed E-state index contributed by atoms with van der Waals surface area (Å²) in [7, 11) is 1.64. The maximum Gasteiger partial charge on any atom is 0.351 e. The highest BCUT2D eigenvalue weighted by atomic mass is 16.1. The molecule has 0 aliphatic rings. The molecule has 0 radical (unpaired) electrons. The first-order valence-corrected chi connectivity index (χ1v) is 5.65. The van der Waals surface area contributed by atoms with Crippen LogP contribution in [0.2, 0.25) is 0 Å². The van der Waals surface area contributed by atoms with Crippen molar-refractivity contribution in [3.05, 3.63) is 22.9 Å². The molecular formula is C11H15N5O. The van der Waals surface area contributed by atoms with E-state index in [0.717, 1.165) is 19.4 Å². The average molecular weight is 233 g/mol. The van der Waals surface area contributed by atoms with Crippen LogP contribution in [0.1, 0.15) is 19.8 Å². The number of nitrogens with zero attached hydrogens (tertiary/aromatic N) is 4. The molecule has 0 amide bonds. The van der Waals surface area contributed by atoms with Crippen molar-refractivity contribution in [1.29, 1.82) is 0 Å². The lowest BCUT2D eigenvalue weighted by Crippen LogP contribution is -2.23. The molecule has 6 heteroatoms. The molecule has 0 saturated carbocycles. The Morgan fingerprint density at radius 2 is 2.12 bits per heavy atom. The third kappa shape index (κ3) is 2.25. The Bertz CT molecular complexity index is 578. The van der Waals surface area contributed by atoms with E-state index in [0.29, 0.717) is 17.0 Å². The molecule has 0 atom stereocenters. The number of anilines is 1. The number of unbranched alkanes of at least 4 members (excludes halogenated alkanes) is 1. The normalized spacial score (nSPS) is 10.7. The largest absolute Gasteiger partial charge is 0.368 e. The summed E-state index contributed by atoms with van der Waals surface area (Å²) in [6, 6.07) is 0. The second-order valence-corrected chi connectivity index (χ2v) is 3.81. The van der Waals surface area contributed by atoms with Crippen LogP contribution in [-0.2, 0) is 7.05 Å². The summed E-state index contributed by atoms with van der Waals surface area (Å²) >= 11 is 0. The topological polar surface area (TPSA) is 72.7 Å². The zero-order valence-corrected chi connectivity index (χ0v) is 9.97. The van der Waals surface area contributed by atoms with Crippen molar-refractivity contribution in [1.82, 2.24) is 19.5 Å². The number of hydrogen-bond acceptors (Lipinski definition) is 5. The van der Waals surface area contributed by atoms with E-state index in [1.165, 1.54) is 4.57 Å². The summed E-state index contributed by atoms with van der Waals surface area (Å²) in [5, 5.41) is 3.13. The number of rotatable bonds is 4. The van der Waals surface area contributed by atoms with Crippen molar-refractivity contribution in [2.45, 2.75) is 19.8 Å². The minimum absolute atomic E-state index is 0.322. The molecule has 2 rings (SSSR count). The second-order valence-electron chi connectivity index (χ2n) is 3.81. The third-order valence-corrected chi connectivity index (χ3v) is 2.54. The number of hydrogen-bond donors (Lipinski definition) is 1. The van der Waals surface area contributed by atoms with Crippen molar-refractivity contribution in [3.8, 4) is 0 Å². The van der Waals surface area contributed by atoms with Gasteiger partial charge in [0.2, 0.25) is 0 Å². The second kappa shape index (κ2) is 4.90. The number of aromatic nitrogens is 4. The van der Waals surface area contributed by atoms with Crippen molar-refractivity contribution < 1.29 is 0 Å². The van der Waals surface area contributed by atoms with Gasteiger partial charge in [0.05, 0.1) is 0 Å². The molecule has 17 heavy (non-hydrogen) atoms. The Hall–Kier alpha value is -1.98. The van der Waals surface area contributed by atoms with E-state index in [4.69, 9.17) is 0 Å². The fourth-order valence-electron chi connectivity index (χ4n) is 1.56. The van der Waals surface area contributed by atoms with Gasteiger partial charge in [-0.25, -0.2) is 14.8 Å². The SMILES string of the molecule is CCCCNc1nc(=O)n(C)c2nccnc12. The van der Waals surface area contributed by atoms with Gasteiger partial charge in [-0.05, 0) is 6.42 Å². The predicted molar refractivity (Wildman–Crippen MR) is 66.0 cm³/mol. The van der Waals surface area contributed by atoms with Gasteiger partial charge in [0, 0.05) is 26.0 Å². The molecule has 0 spiro atoms. The third-order valence-electron chi connectivity index (χ3n) is 2.54. The van der Waals surface area contributed by atoms with Gasteiger partial charge in [-0.1, -0.05) is 13.3 Å². The van der Waals surface area contributed by atoms with Gasteiger partial charge in [0.1, 0.15) is 5.52 Å². The zero-order chi connectivity index (χ0) is 12.3. The van der Waals surface area contributed by atoms with Crippen LogP contribution in [0.25, 0.3) is 11.2 Å². The summed E-state index contributed by atoms with van der Waals surface area (Å²) in [5.74, 6) is 0.518. The van der Waals surface area contributed by atoms with Gasteiger partial charge >= 0.3 is 5.69 Å². The minimum atomic E-state index is -0.322. The Morgan fingerprint density at radius 1 is 1.35 bits per heavy atom. The van der Waals surface area contributed by atoms with Crippen molar-refractivity contribution in [3.63, 3.8) is 0 Å². The van der Waals surface area contributed by atoms with E-state index in [2.05, 4.69) is 27.2 Å². The highest BCUT2D eigenvalue weighted by Gasteiger charge is 2.09. The highest BCUT2D eigenvalue weighted by molar-refractivity contribution is 5.81. The first-order chi connectivity index (χ1) is 8.24. The van der Waals surface area contributed by atoms with Crippen LogP contribution in [0, 0.1) is 0 Å². The molecule has 6 nitrogen and oxygen atoms in total. The van der Waals surface area contributed by atoms with E-state index >= 15 is 0 Å². The Labute approximate surface area is 98.7 Å². The zero-order valence-electron chi connectivity index (χ0n) is 9.97. The van der Waals surface area contributed by atoms with Crippen LogP contribution in [0.5, 0.6) is 0 Å². The van der Waals surface area contributed by atoms with Crippen LogP contribution in [0.3, 0.4) is 0 Å². The molecule has 0 saturated heterocycles. The van der Waals surface area contributed by atoms with Crippen molar-refractivity contribution >= 4 is 17.0 Å². The van der Waals surface area contributed by atoms with E-state index in [1.807, 2.05) is 0 Å². The number of fused-ring (bicyclic) bond motifs is 1. The Kier molecular flexibility index (Phi) is 3.32. The summed E-state index contributed by atoms with van der Waals surface area (Å²) in [6.45, 7) is 2.89. The lowest BCUT2D eigenvalue weighted by molar-refractivity contribution is 0.812. The molecule has 0 bridgehead atoms. The fourth-order valence-corrected chi connectivity index (χ4v) is 1.56. The standard InChI is InChI=1S/C11H15N5O/c1-3-4-5-13-9-8-10(14-7-6-12-8)16(2)11(17)15-9/h6-7H,3-5H2,1-2H3,(H,13,15,17). The molecular weight excluding hydrogens is 218 g/mol. The van der Waals surface area contributed by atoms with Gasteiger partial charge in [-0.15, -0.1) is 0 Å². The smallest absolute Gasteiger partial charge is 0.351 e. The Morgan fingerprint density at radius 3 is 2.88 bits per heavy atom. The molecule has 0 fully saturated rings. The lowest BCUT2D eigenvalue weighted by Gasteiger charge is -2.08. The first kappa shape index (κ1) is 11.5. The molecule has 0 aromatic carbocycles. The molecule has 2 heterocycles. The quantitative estimate of drug-likeness (QED) is 0.795. The van der Waals surface area contributed by atoms with Gasteiger partial charge in [0.15, 0.2) is 11.5 Å². The predicted octanol–water partition coefficient (Wildman–Crippen LogP) is 0.935. The van der Waals surface area contributed by atoms with E-state index in [1.54, 1.807) is 19.4 Å². The molecule has 0 aliphatic carbocycles.